The summed E-state index contributed by atoms with van der Waals surface area (Å²) in [4.78, 5) is 8.65. The second-order valence-electron chi connectivity index (χ2n) is 4.22. The molecule has 3 nitrogen and oxygen atoms in total. The summed E-state index contributed by atoms with van der Waals surface area (Å²) >= 11 is 1.52. The Morgan fingerprint density at radius 1 is 1.21 bits per heavy atom. The fourth-order valence-corrected chi connectivity index (χ4v) is 2.98. The van der Waals surface area contributed by atoms with Crippen molar-refractivity contribution < 1.29 is 4.39 Å². The molecule has 3 rings (SSSR count). The lowest BCUT2D eigenvalue weighted by molar-refractivity contribution is 0.617. The van der Waals surface area contributed by atoms with Crippen LogP contribution in [0.3, 0.4) is 0 Å². The van der Waals surface area contributed by atoms with Crippen LogP contribution in [0.15, 0.2) is 47.9 Å². The largest absolute Gasteiger partial charge is 0.332 e. The van der Waals surface area contributed by atoms with Gasteiger partial charge in [-0.15, -0.1) is 0 Å². The lowest BCUT2D eigenvalue weighted by Gasteiger charge is -2.05. The number of thioether (sulfide) groups is 1. The zero-order valence-corrected chi connectivity index (χ0v) is 11.2. The summed E-state index contributed by atoms with van der Waals surface area (Å²) in [6.45, 7) is 0. The molecule has 0 saturated carbocycles. The van der Waals surface area contributed by atoms with Gasteiger partial charge in [0.15, 0.2) is 0 Å². The normalized spacial score (nSPS) is 11.1. The van der Waals surface area contributed by atoms with Crippen LogP contribution >= 0.6 is 11.8 Å². The molecule has 0 aliphatic rings. The molecule has 5 heteroatoms. The van der Waals surface area contributed by atoms with E-state index in [-0.39, 0.29) is 5.82 Å². The highest BCUT2D eigenvalue weighted by Gasteiger charge is 2.09. The van der Waals surface area contributed by atoms with Gasteiger partial charge in [0, 0.05) is 19.0 Å². The molecule has 0 bridgehead atoms. The average molecular weight is 273 g/mol. The van der Waals surface area contributed by atoms with Crippen molar-refractivity contribution in [3.63, 3.8) is 0 Å². The van der Waals surface area contributed by atoms with Crippen LogP contribution in [0.4, 0.5) is 4.39 Å². The maximum atomic E-state index is 13.6. The highest BCUT2D eigenvalue weighted by Crippen LogP contribution is 2.28. The summed E-state index contributed by atoms with van der Waals surface area (Å²) in [6.07, 6.45) is 3.50. The van der Waals surface area contributed by atoms with Gasteiger partial charge in [0.2, 0.25) is 0 Å². The quantitative estimate of drug-likeness (QED) is 0.685. The average Bonchev–Trinajstić information content (AvgIpc) is 2.80. The molecule has 0 aliphatic carbocycles. The number of halogens is 1. The molecule has 0 N–H and O–H groups in total. The van der Waals surface area contributed by atoms with Gasteiger partial charge in [0.1, 0.15) is 16.4 Å². The van der Waals surface area contributed by atoms with E-state index < -0.39 is 0 Å². The molecule has 2 heterocycles. The van der Waals surface area contributed by atoms with Gasteiger partial charge < -0.3 is 4.57 Å². The van der Waals surface area contributed by atoms with E-state index in [4.69, 9.17) is 0 Å². The summed E-state index contributed by atoms with van der Waals surface area (Å²) in [5, 5.41) is 0.876. The fourth-order valence-electron chi connectivity index (χ4n) is 1.93. The van der Waals surface area contributed by atoms with Crippen molar-refractivity contribution in [1.29, 1.82) is 0 Å². The molecule has 1 aromatic carbocycles. The molecular weight excluding hydrogens is 261 g/mol. The molecule has 3 aromatic rings. The Morgan fingerprint density at radius 3 is 2.89 bits per heavy atom. The molecule has 0 saturated heterocycles. The Morgan fingerprint density at radius 2 is 2.05 bits per heavy atom. The number of aryl methyl sites for hydroxylation is 1. The van der Waals surface area contributed by atoms with Gasteiger partial charge in [-0.25, -0.2) is 14.4 Å². The van der Waals surface area contributed by atoms with Gasteiger partial charge in [0.25, 0.3) is 0 Å². The van der Waals surface area contributed by atoms with Crippen LogP contribution in [-0.4, -0.2) is 14.5 Å². The number of hydrogen-bond donors (Lipinski definition) is 0. The zero-order valence-electron chi connectivity index (χ0n) is 10.4. The van der Waals surface area contributed by atoms with Crippen molar-refractivity contribution >= 4 is 22.8 Å². The molecule has 0 radical (unpaired) electrons. The van der Waals surface area contributed by atoms with Crippen molar-refractivity contribution in [3.8, 4) is 0 Å². The first-order valence-electron chi connectivity index (χ1n) is 5.88. The highest BCUT2D eigenvalue weighted by molar-refractivity contribution is 7.98. The van der Waals surface area contributed by atoms with Crippen LogP contribution in [0.5, 0.6) is 0 Å². The number of benzene rings is 1. The smallest absolute Gasteiger partial charge is 0.127 e. The molecule has 2 aromatic heterocycles. The fraction of sp³-hybridized carbons (Fsp3) is 0.143. The third-order valence-corrected chi connectivity index (χ3v) is 3.94. The first-order valence-corrected chi connectivity index (χ1v) is 6.86. The number of pyridine rings is 1. The maximum absolute atomic E-state index is 13.6. The Labute approximate surface area is 114 Å². The standard InChI is InChI=1S/C14H12FN3S/c1-18-9-17-12-6-7-16-14(13(12)18)19-8-10-4-2-3-5-11(10)15/h2-7,9H,8H2,1H3. The van der Waals surface area contributed by atoms with Crippen LogP contribution in [0.25, 0.3) is 11.0 Å². The Kier molecular flexibility index (Phi) is 3.21. The first-order chi connectivity index (χ1) is 9.25. The van der Waals surface area contributed by atoms with E-state index in [9.17, 15) is 4.39 Å². The lowest BCUT2D eigenvalue weighted by Crippen LogP contribution is -1.91. The van der Waals surface area contributed by atoms with E-state index >= 15 is 0 Å². The van der Waals surface area contributed by atoms with Crippen LogP contribution in [0.1, 0.15) is 5.56 Å². The summed E-state index contributed by atoms with van der Waals surface area (Å²) in [5.41, 5.74) is 2.59. The van der Waals surface area contributed by atoms with Crippen molar-refractivity contribution in [3.05, 3.63) is 54.2 Å². The van der Waals surface area contributed by atoms with E-state index in [2.05, 4.69) is 9.97 Å². The molecule has 0 fully saturated rings. The van der Waals surface area contributed by atoms with Crippen molar-refractivity contribution in [2.75, 3.05) is 0 Å². The van der Waals surface area contributed by atoms with Crippen molar-refractivity contribution in [1.82, 2.24) is 14.5 Å². The molecule has 0 unspecified atom stereocenters. The number of aromatic nitrogens is 3. The van der Waals surface area contributed by atoms with Gasteiger partial charge in [-0.05, 0) is 17.7 Å². The molecule has 0 spiro atoms. The zero-order chi connectivity index (χ0) is 13.2. The van der Waals surface area contributed by atoms with Gasteiger partial charge >= 0.3 is 0 Å². The van der Waals surface area contributed by atoms with Gasteiger partial charge in [-0.1, -0.05) is 30.0 Å². The van der Waals surface area contributed by atoms with Crippen LogP contribution in [0.2, 0.25) is 0 Å². The predicted molar refractivity (Wildman–Crippen MR) is 74.5 cm³/mol. The Hall–Kier alpha value is -1.88. The van der Waals surface area contributed by atoms with Crippen molar-refractivity contribution in [2.24, 2.45) is 7.05 Å². The summed E-state index contributed by atoms with van der Waals surface area (Å²) < 4.78 is 15.5. The third-order valence-electron chi connectivity index (χ3n) is 2.91. The molecule has 96 valence electrons. The Bertz CT molecular complexity index is 724. The maximum Gasteiger partial charge on any atom is 0.127 e. The number of nitrogens with zero attached hydrogens (tertiary/aromatic N) is 3. The van der Waals surface area contributed by atoms with Crippen LogP contribution < -0.4 is 0 Å². The third kappa shape index (κ3) is 2.33. The van der Waals surface area contributed by atoms with Gasteiger partial charge in [-0.3, -0.25) is 0 Å². The van der Waals surface area contributed by atoms with Crippen LogP contribution in [0, 0.1) is 5.82 Å². The van der Waals surface area contributed by atoms with E-state index in [0.29, 0.717) is 11.3 Å². The van der Waals surface area contributed by atoms with E-state index in [0.717, 1.165) is 16.1 Å². The molecule has 19 heavy (non-hydrogen) atoms. The van der Waals surface area contributed by atoms with E-state index in [1.807, 2.05) is 23.7 Å². The van der Waals surface area contributed by atoms with Crippen molar-refractivity contribution in [2.45, 2.75) is 10.8 Å². The molecular formula is C14H12FN3S. The van der Waals surface area contributed by atoms with E-state index in [1.165, 1.54) is 17.8 Å². The number of rotatable bonds is 3. The highest BCUT2D eigenvalue weighted by atomic mass is 32.2. The number of fused-ring (bicyclic) bond motifs is 1. The summed E-state index contributed by atoms with van der Waals surface area (Å²) in [7, 11) is 1.93. The minimum absolute atomic E-state index is 0.174. The van der Waals surface area contributed by atoms with Crippen LogP contribution in [-0.2, 0) is 12.8 Å². The molecule has 0 aliphatic heterocycles. The summed E-state index contributed by atoms with van der Waals surface area (Å²) in [6, 6.07) is 8.70. The monoisotopic (exact) mass is 273 g/mol. The minimum atomic E-state index is -0.174. The molecule has 0 atom stereocenters. The van der Waals surface area contributed by atoms with E-state index in [1.54, 1.807) is 24.7 Å². The second kappa shape index (κ2) is 5.01. The topological polar surface area (TPSA) is 30.7 Å². The number of imidazole rings is 1. The Balaban J connectivity index is 1.90. The van der Waals surface area contributed by atoms with Gasteiger partial charge in [0.05, 0.1) is 11.8 Å². The summed E-state index contributed by atoms with van der Waals surface area (Å²) in [5.74, 6) is 0.386. The molecule has 0 amide bonds. The first kappa shape index (κ1) is 12.2. The lowest BCUT2D eigenvalue weighted by atomic mass is 10.2. The number of hydrogen-bond acceptors (Lipinski definition) is 3. The SMILES string of the molecule is Cn1cnc2ccnc(SCc3ccccc3F)c21. The van der Waals surface area contributed by atoms with Gasteiger partial charge in [-0.2, -0.15) is 0 Å². The predicted octanol–water partition coefficient (Wildman–Crippen LogP) is 3.40. The minimum Gasteiger partial charge on any atom is -0.332 e. The second-order valence-corrected chi connectivity index (χ2v) is 5.18.